The molecule has 0 aliphatic heterocycles. The monoisotopic (exact) mass is 358 g/mol. The Labute approximate surface area is 149 Å². The van der Waals surface area contributed by atoms with Crippen LogP contribution in [0, 0.1) is 0 Å². The number of carbonyl (C=O) groups excluding carboxylic acids is 1. The van der Waals surface area contributed by atoms with E-state index in [1.807, 2.05) is 41.9 Å². The van der Waals surface area contributed by atoms with Crippen molar-refractivity contribution in [1.82, 2.24) is 20.1 Å². The minimum absolute atomic E-state index is 0.0244. The van der Waals surface area contributed by atoms with Crippen molar-refractivity contribution in [2.45, 2.75) is 24.2 Å². The summed E-state index contributed by atoms with van der Waals surface area (Å²) in [6.07, 6.45) is 3.94. The first-order chi connectivity index (χ1) is 11.8. The number of hydrogen-bond acceptors (Lipinski definition) is 5. The summed E-state index contributed by atoms with van der Waals surface area (Å²) in [6.45, 7) is 2.56. The van der Waals surface area contributed by atoms with Crippen LogP contribution in [0.2, 0.25) is 0 Å². The molecule has 0 bridgehead atoms. The maximum atomic E-state index is 12.2. The minimum atomic E-state index is -0.0244. The van der Waals surface area contributed by atoms with Crippen molar-refractivity contribution in [2.24, 2.45) is 0 Å². The summed E-state index contributed by atoms with van der Waals surface area (Å²) >= 11 is 3.29. The van der Waals surface area contributed by atoms with Crippen molar-refractivity contribution in [3.63, 3.8) is 0 Å². The largest absolute Gasteiger partial charge is 0.352 e. The minimum Gasteiger partial charge on any atom is -0.352 e. The highest BCUT2D eigenvalue weighted by atomic mass is 32.2. The van der Waals surface area contributed by atoms with E-state index in [1.54, 1.807) is 34.0 Å². The quantitative estimate of drug-likeness (QED) is 0.658. The third kappa shape index (κ3) is 4.24. The second kappa shape index (κ2) is 8.12. The Hall–Kier alpha value is -2.12. The topological polar surface area (TPSA) is 59.8 Å². The van der Waals surface area contributed by atoms with Gasteiger partial charge in [-0.05, 0) is 23.4 Å². The summed E-state index contributed by atoms with van der Waals surface area (Å²) in [6, 6.07) is 9.79. The highest BCUT2D eigenvalue weighted by molar-refractivity contribution is 8.00. The second-order valence-electron chi connectivity index (χ2n) is 5.07. The molecule has 0 aliphatic carbocycles. The Bertz CT molecular complexity index is 799. The third-order valence-electron chi connectivity index (χ3n) is 3.36. The van der Waals surface area contributed by atoms with Gasteiger partial charge in [-0.2, -0.15) is 5.10 Å². The summed E-state index contributed by atoms with van der Waals surface area (Å²) in [7, 11) is 0. The molecule has 1 amide bonds. The van der Waals surface area contributed by atoms with Gasteiger partial charge in [-0.1, -0.05) is 36.9 Å². The number of nitrogens with zero attached hydrogens (tertiary/aromatic N) is 3. The number of aromatic nitrogens is 3. The standard InChI is InChI=1S/C17H18N4OS2/c1-2-23-17-20-14(12-24-17)10-16(22)18-11-13-6-3-4-7-15(13)21-9-5-8-19-21/h3-9,12H,2,10-11H2,1H3,(H,18,22). The lowest BCUT2D eigenvalue weighted by molar-refractivity contribution is -0.120. The van der Waals surface area contributed by atoms with E-state index in [9.17, 15) is 4.79 Å². The number of thioether (sulfide) groups is 1. The number of amides is 1. The van der Waals surface area contributed by atoms with Crippen molar-refractivity contribution in [1.29, 1.82) is 0 Å². The van der Waals surface area contributed by atoms with Gasteiger partial charge in [-0.3, -0.25) is 4.79 Å². The summed E-state index contributed by atoms with van der Waals surface area (Å²) in [4.78, 5) is 16.6. The van der Waals surface area contributed by atoms with Gasteiger partial charge in [0.2, 0.25) is 5.91 Å². The molecule has 0 saturated carbocycles. The van der Waals surface area contributed by atoms with Crippen molar-refractivity contribution >= 4 is 29.0 Å². The first-order valence-corrected chi connectivity index (χ1v) is 9.54. The highest BCUT2D eigenvalue weighted by Gasteiger charge is 2.09. The number of thiazole rings is 1. The fourth-order valence-electron chi connectivity index (χ4n) is 2.28. The molecule has 24 heavy (non-hydrogen) atoms. The third-order valence-corrected chi connectivity index (χ3v) is 5.31. The molecule has 5 nitrogen and oxygen atoms in total. The second-order valence-corrected chi connectivity index (χ2v) is 7.44. The molecule has 2 heterocycles. The molecule has 1 aromatic carbocycles. The fraction of sp³-hybridized carbons (Fsp3) is 0.235. The lowest BCUT2D eigenvalue weighted by Gasteiger charge is -2.10. The number of carbonyl (C=O) groups is 1. The Morgan fingerprint density at radius 3 is 3.00 bits per heavy atom. The van der Waals surface area contributed by atoms with Crippen LogP contribution in [0.4, 0.5) is 0 Å². The van der Waals surface area contributed by atoms with E-state index in [-0.39, 0.29) is 5.91 Å². The molecular weight excluding hydrogens is 340 g/mol. The lowest BCUT2D eigenvalue weighted by atomic mass is 10.1. The van der Waals surface area contributed by atoms with E-state index in [2.05, 4.69) is 22.3 Å². The molecule has 0 spiro atoms. The van der Waals surface area contributed by atoms with Crippen LogP contribution in [0.1, 0.15) is 18.2 Å². The van der Waals surface area contributed by atoms with Crippen LogP contribution >= 0.6 is 23.1 Å². The number of rotatable bonds is 7. The van der Waals surface area contributed by atoms with Gasteiger partial charge in [0.1, 0.15) is 4.34 Å². The molecule has 1 N–H and O–H groups in total. The van der Waals surface area contributed by atoms with E-state index in [4.69, 9.17) is 0 Å². The van der Waals surface area contributed by atoms with Crippen LogP contribution in [-0.4, -0.2) is 26.4 Å². The molecule has 124 valence electrons. The van der Waals surface area contributed by atoms with Crippen molar-refractivity contribution in [3.8, 4) is 5.69 Å². The smallest absolute Gasteiger partial charge is 0.226 e. The predicted molar refractivity (Wildman–Crippen MR) is 97.6 cm³/mol. The van der Waals surface area contributed by atoms with Crippen molar-refractivity contribution in [3.05, 3.63) is 59.4 Å². The maximum Gasteiger partial charge on any atom is 0.226 e. The Morgan fingerprint density at radius 2 is 2.21 bits per heavy atom. The lowest BCUT2D eigenvalue weighted by Crippen LogP contribution is -2.25. The first kappa shape index (κ1) is 16.7. The summed E-state index contributed by atoms with van der Waals surface area (Å²) < 4.78 is 2.82. The van der Waals surface area contributed by atoms with Gasteiger partial charge < -0.3 is 5.32 Å². The average molecular weight is 358 g/mol. The van der Waals surface area contributed by atoms with Gasteiger partial charge >= 0.3 is 0 Å². The van der Waals surface area contributed by atoms with Crippen molar-refractivity contribution < 1.29 is 4.79 Å². The molecule has 3 aromatic rings. The van der Waals surface area contributed by atoms with Crippen LogP contribution in [0.5, 0.6) is 0 Å². The van der Waals surface area contributed by atoms with Gasteiger partial charge in [0.15, 0.2) is 0 Å². The zero-order chi connectivity index (χ0) is 16.8. The van der Waals surface area contributed by atoms with E-state index >= 15 is 0 Å². The Kier molecular flexibility index (Phi) is 5.66. The van der Waals surface area contributed by atoms with E-state index in [0.29, 0.717) is 13.0 Å². The average Bonchev–Trinajstić information content (AvgIpc) is 3.26. The van der Waals surface area contributed by atoms with Crippen LogP contribution in [0.3, 0.4) is 0 Å². The van der Waals surface area contributed by atoms with E-state index < -0.39 is 0 Å². The summed E-state index contributed by atoms with van der Waals surface area (Å²) in [5.74, 6) is 0.965. The zero-order valence-electron chi connectivity index (χ0n) is 13.3. The number of hydrogen-bond donors (Lipinski definition) is 1. The van der Waals surface area contributed by atoms with Crippen LogP contribution in [0.15, 0.2) is 52.4 Å². The number of nitrogens with one attached hydrogen (secondary N) is 1. The maximum absolute atomic E-state index is 12.2. The molecule has 0 unspecified atom stereocenters. The van der Waals surface area contributed by atoms with Crippen LogP contribution in [-0.2, 0) is 17.8 Å². The molecule has 2 aromatic heterocycles. The fourth-order valence-corrected chi connectivity index (χ4v) is 4.02. The Balaban J connectivity index is 1.60. The molecule has 0 aliphatic rings. The summed E-state index contributed by atoms with van der Waals surface area (Å²) in [5.41, 5.74) is 2.82. The highest BCUT2D eigenvalue weighted by Crippen LogP contribution is 2.22. The zero-order valence-corrected chi connectivity index (χ0v) is 14.9. The van der Waals surface area contributed by atoms with Gasteiger partial charge in [0.05, 0.1) is 17.8 Å². The molecule has 0 saturated heterocycles. The normalized spacial score (nSPS) is 10.7. The van der Waals surface area contributed by atoms with Gasteiger partial charge in [-0.15, -0.1) is 11.3 Å². The number of benzene rings is 1. The SMILES string of the molecule is CCSc1nc(CC(=O)NCc2ccccc2-n2cccn2)cs1. The summed E-state index contributed by atoms with van der Waals surface area (Å²) in [5, 5.41) is 9.18. The van der Waals surface area contributed by atoms with Crippen molar-refractivity contribution in [2.75, 3.05) is 5.75 Å². The van der Waals surface area contributed by atoms with Gasteiger partial charge in [0.25, 0.3) is 0 Å². The molecule has 0 fully saturated rings. The Morgan fingerprint density at radius 1 is 1.33 bits per heavy atom. The van der Waals surface area contributed by atoms with E-state index in [1.165, 1.54) is 0 Å². The predicted octanol–water partition coefficient (Wildman–Crippen LogP) is 3.30. The molecule has 3 rings (SSSR count). The molecular formula is C17H18N4OS2. The molecule has 7 heteroatoms. The first-order valence-electron chi connectivity index (χ1n) is 7.68. The van der Waals surface area contributed by atoms with E-state index in [0.717, 1.165) is 27.0 Å². The molecule has 0 atom stereocenters. The van der Waals surface area contributed by atoms with Gasteiger partial charge in [-0.25, -0.2) is 9.67 Å². The van der Waals surface area contributed by atoms with Gasteiger partial charge in [0, 0.05) is 24.3 Å². The van der Waals surface area contributed by atoms with Crippen LogP contribution in [0.25, 0.3) is 5.69 Å². The molecule has 0 radical (unpaired) electrons. The number of para-hydroxylation sites is 1. The van der Waals surface area contributed by atoms with Crippen LogP contribution < -0.4 is 5.32 Å².